The van der Waals surface area contributed by atoms with Crippen LogP contribution in [-0.4, -0.2) is 44.8 Å². The summed E-state index contributed by atoms with van der Waals surface area (Å²) in [5.41, 5.74) is -0.791. The first kappa shape index (κ1) is 15.5. The van der Waals surface area contributed by atoms with Crippen molar-refractivity contribution in [2.75, 3.05) is 13.1 Å². The van der Waals surface area contributed by atoms with E-state index >= 15 is 0 Å². The Hall–Kier alpha value is -1.85. The number of amides is 1. The molecule has 1 aliphatic heterocycles. The molecule has 1 fully saturated rings. The molecule has 1 unspecified atom stereocenters. The third-order valence-electron chi connectivity index (χ3n) is 4.46. The van der Waals surface area contributed by atoms with Crippen molar-refractivity contribution in [1.29, 1.82) is 0 Å². The van der Waals surface area contributed by atoms with E-state index in [0.717, 1.165) is 19.4 Å². The monoisotopic (exact) mass is 293 g/mol. The Kier molecular flexibility index (Phi) is 4.65. The molecule has 6 nitrogen and oxygen atoms in total. The maximum Gasteiger partial charge on any atom is 0.309 e. The average molecular weight is 293 g/mol. The lowest BCUT2D eigenvalue weighted by atomic mass is 9.74. The second-order valence-electron chi connectivity index (χ2n) is 6.22. The first-order valence-electron chi connectivity index (χ1n) is 7.40. The molecular weight excluding hydrogens is 270 g/mol. The van der Waals surface area contributed by atoms with Crippen LogP contribution in [0, 0.1) is 11.3 Å². The second kappa shape index (κ2) is 6.28. The van der Waals surface area contributed by atoms with E-state index in [1.54, 1.807) is 24.7 Å². The number of carboxylic acid groups (broad SMARTS) is 1. The summed E-state index contributed by atoms with van der Waals surface area (Å²) in [5, 5.41) is 13.4. The fourth-order valence-corrected chi connectivity index (χ4v) is 2.77. The SMILES string of the molecule is CC(C)(C(=O)O)C1CCCN(C(=O)CCn2cccn2)C1. The van der Waals surface area contributed by atoms with Crippen molar-refractivity contribution in [2.24, 2.45) is 11.3 Å². The predicted octanol–water partition coefficient (Wildman–Crippen LogP) is 1.62. The van der Waals surface area contributed by atoms with Gasteiger partial charge in [-0.05, 0) is 38.7 Å². The molecule has 1 aromatic rings. The average Bonchev–Trinajstić information content (AvgIpc) is 2.98. The van der Waals surface area contributed by atoms with E-state index in [-0.39, 0.29) is 11.8 Å². The first-order valence-corrected chi connectivity index (χ1v) is 7.40. The fourth-order valence-electron chi connectivity index (χ4n) is 2.77. The summed E-state index contributed by atoms with van der Waals surface area (Å²) in [7, 11) is 0. The van der Waals surface area contributed by atoms with Gasteiger partial charge in [-0.25, -0.2) is 0 Å². The maximum absolute atomic E-state index is 12.3. The van der Waals surface area contributed by atoms with Crippen molar-refractivity contribution >= 4 is 11.9 Å². The van der Waals surface area contributed by atoms with Crippen LogP contribution in [-0.2, 0) is 16.1 Å². The summed E-state index contributed by atoms with van der Waals surface area (Å²) in [6.07, 6.45) is 5.66. The van der Waals surface area contributed by atoms with E-state index in [0.29, 0.717) is 19.5 Å². The Bertz CT molecular complexity index is 496. The van der Waals surface area contributed by atoms with Gasteiger partial charge >= 0.3 is 5.97 Å². The zero-order chi connectivity index (χ0) is 15.5. The molecule has 21 heavy (non-hydrogen) atoms. The van der Waals surface area contributed by atoms with Crippen LogP contribution in [0.4, 0.5) is 0 Å². The third kappa shape index (κ3) is 3.62. The van der Waals surface area contributed by atoms with Crippen molar-refractivity contribution in [3.63, 3.8) is 0 Å². The molecule has 0 radical (unpaired) electrons. The van der Waals surface area contributed by atoms with Gasteiger partial charge in [-0.15, -0.1) is 0 Å². The van der Waals surface area contributed by atoms with Crippen molar-refractivity contribution in [1.82, 2.24) is 14.7 Å². The van der Waals surface area contributed by atoms with E-state index in [1.165, 1.54) is 0 Å². The number of carboxylic acids is 1. The van der Waals surface area contributed by atoms with Gasteiger partial charge in [0.1, 0.15) is 0 Å². The fraction of sp³-hybridized carbons (Fsp3) is 0.667. The lowest BCUT2D eigenvalue weighted by molar-refractivity contribution is -0.153. The summed E-state index contributed by atoms with van der Waals surface area (Å²) in [5.74, 6) is -0.702. The molecule has 2 rings (SSSR count). The number of nitrogens with zero attached hydrogens (tertiary/aromatic N) is 3. The predicted molar refractivity (Wildman–Crippen MR) is 77.6 cm³/mol. The minimum absolute atomic E-state index is 0.0115. The van der Waals surface area contributed by atoms with Crippen molar-refractivity contribution in [3.8, 4) is 0 Å². The van der Waals surface area contributed by atoms with Crippen LogP contribution in [0.25, 0.3) is 0 Å². The van der Waals surface area contributed by atoms with Crippen molar-refractivity contribution < 1.29 is 14.7 Å². The van der Waals surface area contributed by atoms with Gasteiger partial charge in [0.15, 0.2) is 0 Å². The zero-order valence-electron chi connectivity index (χ0n) is 12.7. The molecule has 0 aromatic carbocycles. The molecule has 1 amide bonds. The van der Waals surface area contributed by atoms with E-state index in [9.17, 15) is 14.7 Å². The quantitative estimate of drug-likeness (QED) is 0.895. The van der Waals surface area contributed by atoms with E-state index in [4.69, 9.17) is 0 Å². The number of rotatable bonds is 5. The molecular formula is C15H23N3O3. The molecule has 0 saturated carbocycles. The van der Waals surface area contributed by atoms with Gasteiger partial charge < -0.3 is 10.0 Å². The molecule has 2 heterocycles. The van der Waals surface area contributed by atoms with E-state index in [1.807, 2.05) is 17.2 Å². The summed E-state index contributed by atoms with van der Waals surface area (Å²) < 4.78 is 1.74. The highest BCUT2D eigenvalue weighted by molar-refractivity contribution is 5.77. The molecule has 1 N–H and O–H groups in total. The van der Waals surface area contributed by atoms with Gasteiger partial charge in [-0.2, -0.15) is 5.10 Å². The van der Waals surface area contributed by atoms with Gasteiger partial charge in [0.25, 0.3) is 0 Å². The summed E-state index contributed by atoms with van der Waals surface area (Å²) in [4.78, 5) is 25.4. The number of aryl methyl sites for hydroxylation is 1. The molecule has 0 spiro atoms. The number of hydrogen-bond acceptors (Lipinski definition) is 3. The van der Waals surface area contributed by atoms with Gasteiger partial charge in [0.2, 0.25) is 5.91 Å². The zero-order valence-corrected chi connectivity index (χ0v) is 12.7. The molecule has 1 saturated heterocycles. The maximum atomic E-state index is 12.3. The number of aliphatic carboxylic acids is 1. The molecule has 6 heteroatoms. The molecule has 1 atom stereocenters. The lowest BCUT2D eigenvalue weighted by Gasteiger charge is -2.39. The van der Waals surface area contributed by atoms with Gasteiger partial charge in [-0.3, -0.25) is 14.3 Å². The summed E-state index contributed by atoms with van der Waals surface area (Å²) >= 11 is 0. The number of likely N-dealkylation sites (tertiary alicyclic amines) is 1. The minimum atomic E-state index is -0.793. The largest absolute Gasteiger partial charge is 0.481 e. The number of piperidine rings is 1. The Balaban J connectivity index is 1.91. The normalized spacial score (nSPS) is 19.5. The molecule has 0 bridgehead atoms. The summed E-state index contributed by atoms with van der Waals surface area (Å²) in [6, 6.07) is 1.83. The standard InChI is InChI=1S/C15H23N3O3/c1-15(2,14(20)21)12-5-3-8-17(11-12)13(19)6-10-18-9-4-7-16-18/h4,7,9,12H,3,5-6,8,10-11H2,1-2H3,(H,20,21). The highest BCUT2D eigenvalue weighted by Crippen LogP contribution is 2.34. The Morgan fingerprint density at radius 2 is 2.19 bits per heavy atom. The number of hydrogen-bond donors (Lipinski definition) is 1. The van der Waals surface area contributed by atoms with Crippen LogP contribution >= 0.6 is 0 Å². The van der Waals surface area contributed by atoms with Crippen molar-refractivity contribution in [2.45, 2.75) is 39.7 Å². The van der Waals surface area contributed by atoms with Crippen LogP contribution in [0.5, 0.6) is 0 Å². The Labute approximate surface area is 124 Å². The van der Waals surface area contributed by atoms with Crippen LogP contribution in [0.3, 0.4) is 0 Å². The smallest absolute Gasteiger partial charge is 0.309 e. The van der Waals surface area contributed by atoms with Gasteiger partial charge in [-0.1, -0.05) is 0 Å². The minimum Gasteiger partial charge on any atom is -0.481 e. The second-order valence-corrected chi connectivity index (χ2v) is 6.22. The molecule has 1 aromatic heterocycles. The van der Waals surface area contributed by atoms with E-state index in [2.05, 4.69) is 5.10 Å². The third-order valence-corrected chi connectivity index (χ3v) is 4.46. The highest BCUT2D eigenvalue weighted by Gasteiger charge is 2.39. The Morgan fingerprint density at radius 3 is 2.81 bits per heavy atom. The molecule has 0 aliphatic carbocycles. The van der Waals surface area contributed by atoms with Crippen molar-refractivity contribution in [3.05, 3.63) is 18.5 Å². The number of carbonyl (C=O) groups is 2. The van der Waals surface area contributed by atoms with Crippen LogP contribution in [0.2, 0.25) is 0 Å². The van der Waals surface area contributed by atoms with Crippen LogP contribution in [0.15, 0.2) is 18.5 Å². The van der Waals surface area contributed by atoms with Gasteiger partial charge in [0, 0.05) is 38.4 Å². The highest BCUT2D eigenvalue weighted by atomic mass is 16.4. The number of carbonyl (C=O) groups excluding carboxylic acids is 1. The van der Waals surface area contributed by atoms with Crippen LogP contribution < -0.4 is 0 Å². The van der Waals surface area contributed by atoms with Crippen LogP contribution in [0.1, 0.15) is 33.1 Å². The number of aromatic nitrogens is 2. The topological polar surface area (TPSA) is 75.4 Å². The van der Waals surface area contributed by atoms with Gasteiger partial charge in [0.05, 0.1) is 5.41 Å². The van der Waals surface area contributed by atoms with E-state index < -0.39 is 11.4 Å². The molecule has 116 valence electrons. The molecule has 1 aliphatic rings. The lowest BCUT2D eigenvalue weighted by Crippen LogP contribution is -2.47. The first-order chi connectivity index (χ1) is 9.91. The Morgan fingerprint density at radius 1 is 1.43 bits per heavy atom. The summed E-state index contributed by atoms with van der Waals surface area (Å²) in [6.45, 7) is 5.33.